The molecule has 352 valence electrons. The molecule has 0 saturated carbocycles. The summed E-state index contributed by atoms with van der Waals surface area (Å²) in [7, 11) is 0. The zero-order chi connectivity index (χ0) is 45.4. The molecule has 2 heterocycles. The fourth-order valence-corrected chi connectivity index (χ4v) is 22.2. The first kappa shape index (κ1) is 55.4. The SMILES string of the molecule is CCCCCCCCC1(O)CC(=O)[O][Sn]([CH2]CCC)([O]C(=O)CC(O)(CCCCCCCC)C(=O)[O][Sn]2([CH2]CCC)[O]C(=O)CC(O)(CCCCCCCC)C(=O)[O]2)[O]C1=O. The number of aliphatic hydroxyl groups is 3. The van der Waals surface area contributed by atoms with E-state index >= 15 is 0 Å². The van der Waals surface area contributed by atoms with Crippen molar-refractivity contribution >= 4 is 75.1 Å². The molecule has 17 heteroatoms. The second kappa shape index (κ2) is 28.3. The van der Waals surface area contributed by atoms with E-state index in [0.29, 0.717) is 44.9 Å². The summed E-state index contributed by atoms with van der Waals surface area (Å²) in [6.45, 7) is 9.94. The minimum atomic E-state index is -5.65. The average molecular weight is 1080 g/mol. The Balaban J connectivity index is 2.39. The first-order valence-corrected chi connectivity index (χ1v) is 34.5. The molecule has 2 rings (SSSR count). The van der Waals surface area contributed by atoms with Crippen LogP contribution in [0, 0.1) is 0 Å². The number of carbonyl (C=O) groups is 6. The summed E-state index contributed by atoms with van der Waals surface area (Å²) in [6.07, 6.45) is 14.0. The molecule has 2 aliphatic heterocycles. The Hall–Kier alpha value is -1.70. The number of carbonyl (C=O) groups excluding carboxylic acids is 6. The van der Waals surface area contributed by atoms with Crippen molar-refractivity contribution in [2.24, 2.45) is 0 Å². The fourth-order valence-electron chi connectivity index (χ4n) is 7.65. The monoisotopic (exact) mass is 1090 g/mol. The van der Waals surface area contributed by atoms with E-state index in [1.165, 1.54) is 0 Å². The van der Waals surface area contributed by atoms with Gasteiger partial charge in [-0.15, -0.1) is 0 Å². The van der Waals surface area contributed by atoms with Crippen LogP contribution in [0.1, 0.15) is 214 Å². The number of rotatable bonds is 32. The molecule has 5 unspecified atom stereocenters. The molecule has 61 heavy (non-hydrogen) atoms. The van der Waals surface area contributed by atoms with Crippen LogP contribution in [0.5, 0.6) is 0 Å². The zero-order valence-corrected chi connectivity index (χ0v) is 43.7. The van der Waals surface area contributed by atoms with Crippen molar-refractivity contribution in [2.75, 3.05) is 0 Å². The van der Waals surface area contributed by atoms with Crippen LogP contribution in [0.2, 0.25) is 8.87 Å². The van der Waals surface area contributed by atoms with Gasteiger partial charge in [0, 0.05) is 0 Å². The molecule has 0 aromatic heterocycles. The quantitative estimate of drug-likeness (QED) is 0.0426. The summed E-state index contributed by atoms with van der Waals surface area (Å²) in [5.74, 6) is -6.67. The van der Waals surface area contributed by atoms with Crippen molar-refractivity contribution in [1.82, 2.24) is 0 Å². The van der Waals surface area contributed by atoms with Crippen molar-refractivity contribution in [3.63, 3.8) is 0 Å². The Morgan fingerprint density at radius 3 is 1.31 bits per heavy atom. The molecule has 0 radical (unpaired) electrons. The van der Waals surface area contributed by atoms with E-state index in [2.05, 4.69) is 20.8 Å². The Bertz CT molecular complexity index is 1400. The van der Waals surface area contributed by atoms with Gasteiger partial charge < -0.3 is 0 Å². The third-order valence-electron chi connectivity index (χ3n) is 11.5. The standard InChI is InChI=1S/3C12H22O5.2C4H9.2Sn/c3*1-2-3-4-5-6-7-8-12(17,11(15)16)9-10(13)14;2*1-3-4-2;;/h3*17H,2-9H2,1H3,(H,13,14)(H,15,16);2*1,3-4H2,2H3;;/q;;;;;2*+3/p-6. The third-order valence-corrected chi connectivity index (χ3v) is 25.9. The maximum atomic E-state index is 14.3. The van der Waals surface area contributed by atoms with Crippen LogP contribution in [-0.2, 0) is 47.2 Å². The minimum absolute atomic E-state index is 0.0438. The topological polar surface area (TPSA) is 218 Å². The summed E-state index contributed by atoms with van der Waals surface area (Å²) in [5, 5.41) is 34.9. The fraction of sp³-hybridized carbons (Fsp3) is 0.864. The molecule has 0 aromatic carbocycles. The third kappa shape index (κ3) is 19.1. The summed E-state index contributed by atoms with van der Waals surface area (Å²) < 4.78 is 34.5. The van der Waals surface area contributed by atoms with E-state index < -0.39 is 111 Å². The second-order valence-electron chi connectivity index (χ2n) is 17.3. The molecule has 5 atom stereocenters. The van der Waals surface area contributed by atoms with Crippen LogP contribution in [0.15, 0.2) is 0 Å². The predicted molar refractivity (Wildman–Crippen MR) is 230 cm³/mol. The van der Waals surface area contributed by atoms with E-state index in [4.69, 9.17) is 18.4 Å². The van der Waals surface area contributed by atoms with Crippen LogP contribution in [0.3, 0.4) is 0 Å². The van der Waals surface area contributed by atoms with E-state index in [9.17, 15) is 44.1 Å². The van der Waals surface area contributed by atoms with Crippen LogP contribution in [0.4, 0.5) is 0 Å². The van der Waals surface area contributed by atoms with E-state index in [1.54, 1.807) is 0 Å². The van der Waals surface area contributed by atoms with Crippen molar-refractivity contribution in [2.45, 2.75) is 240 Å². The summed E-state index contributed by atoms with van der Waals surface area (Å²) >= 11 is -11.2. The number of hydrogen-bond donors (Lipinski definition) is 3. The van der Waals surface area contributed by atoms with Crippen LogP contribution in [-0.4, -0.2) is 107 Å². The molecule has 2 fully saturated rings. The van der Waals surface area contributed by atoms with Gasteiger partial charge in [-0.25, -0.2) is 0 Å². The van der Waals surface area contributed by atoms with Gasteiger partial charge in [-0.3, -0.25) is 0 Å². The summed E-state index contributed by atoms with van der Waals surface area (Å²) in [4.78, 5) is 82.0. The molecule has 0 spiro atoms. The van der Waals surface area contributed by atoms with Gasteiger partial charge in [-0.1, -0.05) is 0 Å². The molecule has 3 N–H and O–H groups in total. The van der Waals surface area contributed by atoms with Gasteiger partial charge in [-0.2, -0.15) is 0 Å². The van der Waals surface area contributed by atoms with Gasteiger partial charge in [0.1, 0.15) is 0 Å². The summed E-state index contributed by atoms with van der Waals surface area (Å²) in [5.41, 5.74) is -6.95. The van der Waals surface area contributed by atoms with Crippen molar-refractivity contribution in [1.29, 1.82) is 0 Å². The predicted octanol–water partition coefficient (Wildman–Crippen LogP) is 8.37. The van der Waals surface area contributed by atoms with Gasteiger partial charge in [0.15, 0.2) is 0 Å². The second-order valence-corrected chi connectivity index (χ2v) is 31.5. The van der Waals surface area contributed by atoms with Gasteiger partial charge in [0.2, 0.25) is 0 Å². The van der Waals surface area contributed by atoms with Gasteiger partial charge in [-0.05, 0) is 0 Å². The van der Waals surface area contributed by atoms with Gasteiger partial charge in [0.25, 0.3) is 0 Å². The Kier molecular flexibility index (Phi) is 25.7. The molecule has 0 bridgehead atoms. The molecule has 0 aromatic rings. The first-order valence-electron chi connectivity index (χ1n) is 23.5. The average Bonchev–Trinajstić information content (AvgIpc) is 3.35. The molecular formula is C44H78O15Sn2. The van der Waals surface area contributed by atoms with Gasteiger partial charge in [0.05, 0.1) is 0 Å². The Labute approximate surface area is 375 Å². The van der Waals surface area contributed by atoms with Crippen LogP contribution in [0.25, 0.3) is 0 Å². The Morgan fingerprint density at radius 2 is 0.902 bits per heavy atom. The number of hydrogen-bond acceptors (Lipinski definition) is 15. The maximum absolute atomic E-state index is 14.3. The van der Waals surface area contributed by atoms with Crippen molar-refractivity contribution in [3.8, 4) is 0 Å². The zero-order valence-electron chi connectivity index (χ0n) is 38.0. The number of unbranched alkanes of at least 4 members (excludes halogenated alkanes) is 17. The van der Waals surface area contributed by atoms with Crippen LogP contribution < -0.4 is 0 Å². The molecule has 0 amide bonds. The summed E-state index contributed by atoms with van der Waals surface area (Å²) in [6, 6.07) is 0. The van der Waals surface area contributed by atoms with Crippen molar-refractivity contribution in [3.05, 3.63) is 0 Å². The molecule has 0 aliphatic carbocycles. The Morgan fingerprint density at radius 1 is 0.541 bits per heavy atom. The first-order chi connectivity index (χ1) is 29.0. The van der Waals surface area contributed by atoms with E-state index in [1.807, 2.05) is 13.8 Å². The van der Waals surface area contributed by atoms with Crippen molar-refractivity contribution < 1.29 is 62.5 Å². The molecule has 2 aliphatic rings. The van der Waals surface area contributed by atoms with E-state index in [-0.39, 0.29) is 34.6 Å². The molecular weight excluding hydrogens is 1010 g/mol. The van der Waals surface area contributed by atoms with Gasteiger partial charge >= 0.3 is 378 Å². The van der Waals surface area contributed by atoms with E-state index in [0.717, 1.165) is 89.9 Å². The molecule has 15 nitrogen and oxygen atoms in total. The normalized spacial score (nSPS) is 25.3. The van der Waals surface area contributed by atoms with Crippen LogP contribution >= 0.6 is 0 Å². The molecule has 2 saturated heterocycles.